The number of hydrogen-bond donors (Lipinski definition) is 3. The van der Waals surface area contributed by atoms with Crippen molar-refractivity contribution in [1.82, 2.24) is 10.2 Å². The Labute approximate surface area is 107 Å². The molecule has 0 aromatic carbocycles. The van der Waals surface area contributed by atoms with Gasteiger partial charge in [0.2, 0.25) is 0 Å². The van der Waals surface area contributed by atoms with Crippen molar-refractivity contribution in [2.24, 2.45) is 0 Å². The molecule has 1 rings (SSSR count). The van der Waals surface area contributed by atoms with Crippen LogP contribution in [0.4, 0.5) is 4.79 Å². The van der Waals surface area contributed by atoms with Crippen molar-refractivity contribution in [2.75, 3.05) is 13.1 Å². The Morgan fingerprint density at radius 3 is 2.50 bits per heavy atom. The minimum atomic E-state index is -1.41. The van der Waals surface area contributed by atoms with Crippen molar-refractivity contribution < 1.29 is 19.8 Å². The van der Waals surface area contributed by atoms with Crippen LogP contribution in [0, 0.1) is 0 Å². The highest BCUT2D eigenvalue weighted by Crippen LogP contribution is 2.26. The smallest absolute Gasteiger partial charge is 0.317 e. The molecule has 1 aliphatic carbocycles. The van der Waals surface area contributed by atoms with E-state index in [0.29, 0.717) is 12.6 Å². The van der Waals surface area contributed by atoms with E-state index in [1.165, 1.54) is 6.92 Å². The van der Waals surface area contributed by atoms with Crippen LogP contribution in [0.3, 0.4) is 0 Å². The number of carbonyl (C=O) groups is 2. The number of carbonyl (C=O) groups excluding carboxylic acids is 1. The second-order valence-corrected chi connectivity index (χ2v) is 5.15. The average molecular weight is 258 g/mol. The summed E-state index contributed by atoms with van der Waals surface area (Å²) in [5, 5.41) is 21.0. The fraction of sp³-hybridized carbons (Fsp3) is 0.833. The second-order valence-electron chi connectivity index (χ2n) is 5.15. The number of hydrogen-bond acceptors (Lipinski definition) is 3. The first-order chi connectivity index (χ1) is 8.35. The lowest BCUT2D eigenvalue weighted by Gasteiger charge is -2.26. The Morgan fingerprint density at radius 1 is 1.44 bits per heavy atom. The van der Waals surface area contributed by atoms with E-state index in [0.717, 1.165) is 19.3 Å². The van der Waals surface area contributed by atoms with Gasteiger partial charge in [-0.25, -0.2) is 4.79 Å². The van der Waals surface area contributed by atoms with Gasteiger partial charge in [0.05, 0.1) is 12.0 Å². The van der Waals surface area contributed by atoms with E-state index in [1.807, 2.05) is 6.92 Å². The number of urea groups is 1. The monoisotopic (exact) mass is 258 g/mol. The number of aliphatic carboxylic acids is 1. The molecule has 2 amide bonds. The van der Waals surface area contributed by atoms with Gasteiger partial charge in [0.15, 0.2) is 0 Å². The summed E-state index contributed by atoms with van der Waals surface area (Å²) in [6.07, 6.45) is 2.55. The zero-order chi connectivity index (χ0) is 13.8. The van der Waals surface area contributed by atoms with Gasteiger partial charge in [-0.2, -0.15) is 0 Å². The Kier molecular flexibility index (Phi) is 4.95. The highest BCUT2D eigenvalue weighted by atomic mass is 16.4. The number of nitrogens with one attached hydrogen (secondary N) is 1. The van der Waals surface area contributed by atoms with Crippen molar-refractivity contribution in [1.29, 1.82) is 0 Å². The van der Waals surface area contributed by atoms with E-state index in [-0.39, 0.29) is 19.0 Å². The number of carboxylic acids is 1. The molecule has 1 atom stereocenters. The zero-order valence-electron chi connectivity index (χ0n) is 11.0. The predicted molar refractivity (Wildman–Crippen MR) is 66.3 cm³/mol. The third-order valence-corrected chi connectivity index (χ3v) is 2.87. The van der Waals surface area contributed by atoms with E-state index in [1.54, 1.807) is 4.90 Å². The summed E-state index contributed by atoms with van der Waals surface area (Å²) in [6.45, 7) is 4.05. The summed E-state index contributed by atoms with van der Waals surface area (Å²) < 4.78 is 0. The molecule has 18 heavy (non-hydrogen) atoms. The van der Waals surface area contributed by atoms with Gasteiger partial charge in [-0.1, -0.05) is 6.92 Å². The van der Waals surface area contributed by atoms with Crippen LogP contribution in [0.5, 0.6) is 0 Å². The Morgan fingerprint density at radius 2 is 2.06 bits per heavy atom. The summed E-state index contributed by atoms with van der Waals surface area (Å²) in [7, 11) is 0. The SMILES string of the molecule is CCCN(C(=O)NCC(C)(O)CC(=O)O)C1CC1. The molecule has 1 unspecified atom stereocenters. The number of aliphatic hydroxyl groups is 1. The molecule has 1 aliphatic rings. The van der Waals surface area contributed by atoms with Crippen LogP contribution in [-0.2, 0) is 4.79 Å². The molecule has 3 N–H and O–H groups in total. The van der Waals surface area contributed by atoms with Gasteiger partial charge in [-0.3, -0.25) is 4.79 Å². The van der Waals surface area contributed by atoms with E-state index in [4.69, 9.17) is 5.11 Å². The largest absolute Gasteiger partial charge is 0.481 e. The summed E-state index contributed by atoms with van der Waals surface area (Å²) in [5.41, 5.74) is -1.41. The van der Waals surface area contributed by atoms with E-state index in [2.05, 4.69) is 5.32 Å². The minimum Gasteiger partial charge on any atom is -0.481 e. The maximum absolute atomic E-state index is 11.9. The molecule has 104 valence electrons. The van der Waals surface area contributed by atoms with Gasteiger partial charge >= 0.3 is 12.0 Å². The van der Waals surface area contributed by atoms with Gasteiger partial charge in [-0.05, 0) is 26.2 Å². The van der Waals surface area contributed by atoms with E-state index < -0.39 is 11.6 Å². The van der Waals surface area contributed by atoms with Crippen LogP contribution in [-0.4, -0.2) is 51.8 Å². The molecule has 0 aromatic rings. The third kappa shape index (κ3) is 4.91. The van der Waals surface area contributed by atoms with Gasteiger partial charge < -0.3 is 20.4 Å². The van der Waals surface area contributed by atoms with Crippen LogP contribution in [0.2, 0.25) is 0 Å². The predicted octanol–water partition coefficient (Wildman–Crippen LogP) is 0.796. The summed E-state index contributed by atoms with van der Waals surface area (Å²) >= 11 is 0. The van der Waals surface area contributed by atoms with Crippen LogP contribution in [0.1, 0.15) is 39.5 Å². The molecular weight excluding hydrogens is 236 g/mol. The number of amides is 2. The lowest BCUT2D eigenvalue weighted by Crippen LogP contribution is -2.48. The summed E-state index contributed by atoms with van der Waals surface area (Å²) in [4.78, 5) is 24.2. The fourth-order valence-corrected chi connectivity index (χ4v) is 1.83. The van der Waals surface area contributed by atoms with Gasteiger partial charge in [-0.15, -0.1) is 0 Å². The zero-order valence-corrected chi connectivity index (χ0v) is 11.0. The maximum atomic E-state index is 11.9. The quantitative estimate of drug-likeness (QED) is 0.630. The highest BCUT2D eigenvalue weighted by Gasteiger charge is 2.33. The first-order valence-corrected chi connectivity index (χ1v) is 6.34. The van der Waals surface area contributed by atoms with Crippen molar-refractivity contribution in [3.63, 3.8) is 0 Å². The first-order valence-electron chi connectivity index (χ1n) is 6.34. The van der Waals surface area contributed by atoms with E-state index >= 15 is 0 Å². The van der Waals surface area contributed by atoms with E-state index in [9.17, 15) is 14.7 Å². The minimum absolute atomic E-state index is 0.0505. The van der Waals surface area contributed by atoms with Crippen LogP contribution in [0.25, 0.3) is 0 Å². The van der Waals surface area contributed by atoms with Crippen LogP contribution in [0.15, 0.2) is 0 Å². The van der Waals surface area contributed by atoms with Crippen molar-refractivity contribution in [3.8, 4) is 0 Å². The molecule has 0 spiro atoms. The molecular formula is C12H22N2O4. The molecule has 0 aliphatic heterocycles. The fourth-order valence-electron chi connectivity index (χ4n) is 1.83. The Bertz CT molecular complexity index is 313. The maximum Gasteiger partial charge on any atom is 0.317 e. The molecule has 1 fully saturated rings. The lowest BCUT2D eigenvalue weighted by atomic mass is 10.0. The molecule has 6 nitrogen and oxygen atoms in total. The van der Waals surface area contributed by atoms with Gasteiger partial charge in [0.25, 0.3) is 0 Å². The molecule has 6 heteroatoms. The molecule has 1 saturated carbocycles. The van der Waals surface area contributed by atoms with Crippen molar-refractivity contribution >= 4 is 12.0 Å². The molecule has 0 aromatic heterocycles. The lowest BCUT2D eigenvalue weighted by molar-refractivity contribution is -0.141. The third-order valence-electron chi connectivity index (χ3n) is 2.87. The highest BCUT2D eigenvalue weighted by molar-refractivity contribution is 5.75. The normalized spacial score (nSPS) is 17.9. The first kappa shape index (κ1) is 14.8. The van der Waals surface area contributed by atoms with Gasteiger partial charge in [0, 0.05) is 19.1 Å². The standard InChI is InChI=1S/C12H22N2O4/c1-3-6-14(9-4-5-9)11(17)13-8-12(2,18)7-10(15)16/h9,18H,3-8H2,1-2H3,(H,13,17)(H,15,16). The molecule has 0 saturated heterocycles. The van der Waals surface area contributed by atoms with Crippen LogP contribution < -0.4 is 5.32 Å². The number of rotatable bonds is 7. The molecule has 0 radical (unpaired) electrons. The molecule has 0 bridgehead atoms. The Hall–Kier alpha value is -1.30. The topological polar surface area (TPSA) is 89.9 Å². The van der Waals surface area contributed by atoms with Crippen molar-refractivity contribution in [2.45, 2.75) is 51.2 Å². The number of nitrogens with zero attached hydrogens (tertiary/aromatic N) is 1. The van der Waals surface area contributed by atoms with Gasteiger partial charge in [0.1, 0.15) is 0 Å². The summed E-state index contributed by atoms with van der Waals surface area (Å²) in [6, 6.07) is 0.0967. The Balaban J connectivity index is 2.40. The second kappa shape index (κ2) is 6.04. The number of carboxylic acid groups (broad SMARTS) is 1. The van der Waals surface area contributed by atoms with Crippen molar-refractivity contribution in [3.05, 3.63) is 0 Å². The van der Waals surface area contributed by atoms with Crippen LogP contribution >= 0.6 is 0 Å². The molecule has 0 heterocycles. The average Bonchev–Trinajstić information content (AvgIpc) is 3.04. The summed E-state index contributed by atoms with van der Waals surface area (Å²) in [5.74, 6) is -1.08.